The van der Waals surface area contributed by atoms with Gasteiger partial charge in [-0.2, -0.15) is 4.98 Å². The number of hydrogen-bond acceptors (Lipinski definition) is 6. The number of nitrogens with zero attached hydrogens (tertiary/aromatic N) is 3. The number of rotatable bonds is 3. The molecular weight excluding hydrogens is 286 g/mol. The fourth-order valence-corrected chi connectivity index (χ4v) is 2.72. The Bertz CT molecular complexity index is 685. The van der Waals surface area contributed by atoms with Crippen LogP contribution < -0.4 is 4.74 Å². The lowest BCUT2D eigenvalue weighted by molar-refractivity contribution is 0.0700. The summed E-state index contributed by atoms with van der Waals surface area (Å²) in [7, 11) is 1.59. The fraction of sp³-hybridized carbons (Fsp3) is 0.400. The highest BCUT2D eigenvalue weighted by atomic mass is 16.5. The van der Waals surface area contributed by atoms with Crippen LogP contribution in [0, 0.1) is 6.92 Å². The topological polar surface area (TPSA) is 88.7 Å². The minimum absolute atomic E-state index is 0.0134. The van der Waals surface area contributed by atoms with Crippen LogP contribution in [-0.2, 0) is 0 Å². The molecule has 1 aliphatic heterocycles. The second-order valence-electron chi connectivity index (χ2n) is 5.28. The Balaban J connectivity index is 1.90. The van der Waals surface area contributed by atoms with Gasteiger partial charge in [-0.25, -0.2) is 0 Å². The Labute approximate surface area is 127 Å². The van der Waals surface area contributed by atoms with Crippen molar-refractivity contribution < 1.29 is 19.2 Å². The predicted molar refractivity (Wildman–Crippen MR) is 76.4 cm³/mol. The van der Waals surface area contributed by atoms with E-state index in [0.717, 1.165) is 5.56 Å². The smallest absolute Gasteiger partial charge is 0.295 e. The molecule has 0 unspecified atom stereocenters. The average molecular weight is 303 g/mol. The normalized spacial score (nSPS) is 21.1. The number of aryl methyl sites for hydroxylation is 1. The second-order valence-corrected chi connectivity index (χ2v) is 5.28. The molecule has 0 radical (unpaired) electrons. The van der Waals surface area contributed by atoms with Gasteiger partial charge in [0.15, 0.2) is 0 Å². The highest BCUT2D eigenvalue weighted by Crippen LogP contribution is 2.34. The van der Waals surface area contributed by atoms with E-state index in [1.54, 1.807) is 18.9 Å². The van der Waals surface area contributed by atoms with Crippen molar-refractivity contribution in [3.8, 4) is 5.75 Å². The predicted octanol–water partition coefficient (Wildman–Crippen LogP) is 1.33. The molecule has 0 aliphatic carbocycles. The van der Waals surface area contributed by atoms with Gasteiger partial charge in [0.05, 0.1) is 19.3 Å². The van der Waals surface area contributed by atoms with Gasteiger partial charge in [0.2, 0.25) is 5.89 Å². The number of aliphatic hydroxyl groups is 1. The molecule has 0 bridgehead atoms. The summed E-state index contributed by atoms with van der Waals surface area (Å²) in [5.41, 5.74) is 0.907. The number of ether oxygens (including phenoxy) is 1. The molecule has 1 aromatic heterocycles. The second kappa shape index (κ2) is 5.76. The summed E-state index contributed by atoms with van der Waals surface area (Å²) in [6.07, 6.45) is -0.108. The number of amides is 1. The van der Waals surface area contributed by atoms with Crippen LogP contribution in [0.2, 0.25) is 0 Å². The van der Waals surface area contributed by atoms with E-state index in [1.165, 1.54) is 0 Å². The number of hydrogen-bond donors (Lipinski definition) is 1. The molecule has 2 heterocycles. The lowest BCUT2D eigenvalue weighted by Gasteiger charge is -2.23. The molecule has 7 heteroatoms. The van der Waals surface area contributed by atoms with Crippen LogP contribution in [0.3, 0.4) is 0 Å². The third-order valence-corrected chi connectivity index (χ3v) is 3.74. The Hall–Kier alpha value is -2.41. The van der Waals surface area contributed by atoms with E-state index in [-0.39, 0.29) is 24.3 Å². The molecule has 0 saturated carbocycles. The van der Waals surface area contributed by atoms with Gasteiger partial charge in [0, 0.05) is 13.5 Å². The molecule has 1 amide bonds. The molecule has 1 N–H and O–H groups in total. The Morgan fingerprint density at radius 2 is 2.32 bits per heavy atom. The van der Waals surface area contributed by atoms with Crippen molar-refractivity contribution >= 4 is 5.91 Å². The summed E-state index contributed by atoms with van der Waals surface area (Å²) in [4.78, 5) is 18.1. The monoisotopic (exact) mass is 303 g/mol. The van der Waals surface area contributed by atoms with Crippen LogP contribution in [-0.4, -0.2) is 45.8 Å². The number of aliphatic hydroxyl groups excluding tert-OH is 1. The zero-order chi connectivity index (χ0) is 15.7. The first-order valence-corrected chi connectivity index (χ1v) is 7.02. The highest BCUT2D eigenvalue weighted by Gasteiger charge is 2.37. The first-order valence-electron chi connectivity index (χ1n) is 7.02. The quantitative estimate of drug-likeness (QED) is 0.920. The van der Waals surface area contributed by atoms with Crippen LogP contribution in [0.25, 0.3) is 0 Å². The molecule has 1 fully saturated rings. The molecule has 3 rings (SSSR count). The molecular formula is C15H17N3O4. The van der Waals surface area contributed by atoms with E-state index in [2.05, 4.69) is 10.1 Å². The molecule has 2 aromatic rings. The lowest BCUT2D eigenvalue weighted by Crippen LogP contribution is -2.32. The van der Waals surface area contributed by atoms with Crippen LogP contribution in [0.4, 0.5) is 0 Å². The van der Waals surface area contributed by atoms with Gasteiger partial charge in [0.25, 0.3) is 11.7 Å². The Morgan fingerprint density at radius 3 is 3.00 bits per heavy atom. The van der Waals surface area contributed by atoms with Gasteiger partial charge in [-0.15, -0.1) is 0 Å². The molecule has 1 saturated heterocycles. The number of benzene rings is 1. The van der Waals surface area contributed by atoms with Gasteiger partial charge in [0.1, 0.15) is 5.75 Å². The summed E-state index contributed by atoms with van der Waals surface area (Å²) in [5.74, 6) is 0.712. The van der Waals surface area contributed by atoms with Crippen molar-refractivity contribution in [3.05, 3.63) is 41.5 Å². The average Bonchev–Trinajstić information content (AvgIpc) is 3.12. The molecule has 0 spiro atoms. The minimum atomic E-state index is -0.576. The van der Waals surface area contributed by atoms with E-state index < -0.39 is 6.10 Å². The number of likely N-dealkylation sites (tertiary alicyclic amines) is 1. The molecule has 22 heavy (non-hydrogen) atoms. The van der Waals surface area contributed by atoms with Crippen molar-refractivity contribution in [3.63, 3.8) is 0 Å². The zero-order valence-electron chi connectivity index (χ0n) is 12.4. The SMILES string of the molecule is COc1cccc([C@H]2C[C@H](O)CN2C(=O)c2noc(C)n2)c1. The van der Waals surface area contributed by atoms with Crippen molar-refractivity contribution in [1.82, 2.24) is 15.0 Å². The molecule has 1 aliphatic rings. The van der Waals surface area contributed by atoms with Gasteiger partial charge >= 0.3 is 0 Å². The van der Waals surface area contributed by atoms with E-state index >= 15 is 0 Å². The number of methoxy groups -OCH3 is 1. The maximum absolute atomic E-state index is 12.5. The van der Waals surface area contributed by atoms with Crippen LogP contribution >= 0.6 is 0 Å². The third kappa shape index (κ3) is 2.67. The van der Waals surface area contributed by atoms with Crippen molar-refractivity contribution in [2.45, 2.75) is 25.5 Å². The molecule has 116 valence electrons. The zero-order valence-corrected chi connectivity index (χ0v) is 12.4. The van der Waals surface area contributed by atoms with E-state index in [9.17, 15) is 9.90 Å². The first kappa shape index (κ1) is 14.5. The first-order chi connectivity index (χ1) is 10.6. The minimum Gasteiger partial charge on any atom is -0.497 e. The lowest BCUT2D eigenvalue weighted by atomic mass is 10.0. The van der Waals surface area contributed by atoms with Crippen LogP contribution in [0.1, 0.15) is 34.5 Å². The molecule has 2 atom stereocenters. The molecule has 1 aromatic carbocycles. The standard InChI is InChI=1S/C15H17N3O4/c1-9-16-14(17-22-9)15(20)18-8-11(19)7-13(18)10-4-3-5-12(6-10)21-2/h3-6,11,13,19H,7-8H2,1-2H3/t11-,13+/m0/s1. The van der Waals surface area contributed by atoms with Crippen LogP contribution in [0.15, 0.2) is 28.8 Å². The molecule has 7 nitrogen and oxygen atoms in total. The number of aromatic nitrogens is 2. The summed E-state index contributed by atoms with van der Waals surface area (Å²) < 4.78 is 10.1. The van der Waals surface area contributed by atoms with Gasteiger partial charge < -0.3 is 19.3 Å². The van der Waals surface area contributed by atoms with E-state index in [0.29, 0.717) is 18.1 Å². The van der Waals surface area contributed by atoms with E-state index in [4.69, 9.17) is 9.26 Å². The number of carbonyl (C=O) groups excluding carboxylic acids is 1. The number of β-amino-alcohol motifs (C(OH)–C–C–N with tert-alkyl or cyclic N) is 1. The Morgan fingerprint density at radius 1 is 1.50 bits per heavy atom. The third-order valence-electron chi connectivity index (χ3n) is 3.74. The van der Waals surface area contributed by atoms with Crippen molar-refractivity contribution in [1.29, 1.82) is 0 Å². The fourth-order valence-electron chi connectivity index (χ4n) is 2.72. The summed E-state index contributed by atoms with van der Waals surface area (Å²) in [6.45, 7) is 1.87. The maximum atomic E-state index is 12.5. The summed E-state index contributed by atoms with van der Waals surface area (Å²) in [6, 6.07) is 7.23. The van der Waals surface area contributed by atoms with E-state index in [1.807, 2.05) is 24.3 Å². The van der Waals surface area contributed by atoms with Gasteiger partial charge in [-0.3, -0.25) is 4.79 Å². The summed E-state index contributed by atoms with van der Waals surface area (Å²) >= 11 is 0. The van der Waals surface area contributed by atoms with Crippen molar-refractivity contribution in [2.24, 2.45) is 0 Å². The maximum Gasteiger partial charge on any atom is 0.295 e. The van der Waals surface area contributed by atoms with Crippen LogP contribution in [0.5, 0.6) is 5.75 Å². The largest absolute Gasteiger partial charge is 0.497 e. The summed E-state index contributed by atoms with van der Waals surface area (Å²) in [5, 5.41) is 13.6. The highest BCUT2D eigenvalue weighted by molar-refractivity contribution is 5.90. The number of carbonyl (C=O) groups is 1. The van der Waals surface area contributed by atoms with Gasteiger partial charge in [-0.1, -0.05) is 17.3 Å². The van der Waals surface area contributed by atoms with Crippen molar-refractivity contribution in [2.75, 3.05) is 13.7 Å². The Kier molecular flexibility index (Phi) is 3.81. The van der Waals surface area contributed by atoms with Gasteiger partial charge in [-0.05, 0) is 24.1 Å².